The van der Waals surface area contributed by atoms with Crippen molar-refractivity contribution in [1.82, 2.24) is 0 Å². The summed E-state index contributed by atoms with van der Waals surface area (Å²) in [4.78, 5) is 25.8. The Morgan fingerprint density at radius 3 is 2.52 bits per heavy atom. The van der Waals surface area contributed by atoms with Crippen LogP contribution in [0.25, 0.3) is 0 Å². The number of rotatable bonds is 2. The van der Waals surface area contributed by atoms with E-state index in [1.54, 1.807) is 0 Å². The second-order valence-corrected chi connectivity index (χ2v) is 6.22. The first kappa shape index (κ1) is 14.1. The molecule has 0 radical (unpaired) electrons. The molecule has 2 aliphatic rings. The van der Waals surface area contributed by atoms with Crippen LogP contribution in [-0.4, -0.2) is 23.5 Å². The molecule has 1 heterocycles. The highest BCUT2D eigenvalue weighted by Crippen LogP contribution is 2.40. The molecule has 0 saturated heterocycles. The average Bonchev–Trinajstić information content (AvgIpc) is 2.57. The SMILES string of the molecule is CC1CCCN(C(=O)C2CCC2C(=O)O)c2ccccc21. The first-order valence-electron chi connectivity index (χ1n) is 7.72. The van der Waals surface area contributed by atoms with Gasteiger partial charge in [0, 0.05) is 12.2 Å². The van der Waals surface area contributed by atoms with Gasteiger partial charge in [0.25, 0.3) is 0 Å². The van der Waals surface area contributed by atoms with Crippen molar-refractivity contribution in [3.63, 3.8) is 0 Å². The highest BCUT2D eigenvalue weighted by molar-refractivity contribution is 5.98. The highest BCUT2D eigenvalue weighted by atomic mass is 16.4. The van der Waals surface area contributed by atoms with E-state index in [1.807, 2.05) is 23.1 Å². The number of fused-ring (bicyclic) bond motifs is 1. The van der Waals surface area contributed by atoms with Gasteiger partial charge in [-0.25, -0.2) is 0 Å². The molecular formula is C17H21NO3. The molecule has 1 amide bonds. The standard InChI is InChI=1S/C17H21NO3/c1-11-5-4-10-18(15-7-3-2-6-12(11)15)16(19)13-8-9-14(13)17(20)21/h2-3,6-7,11,13-14H,4-5,8-10H2,1H3,(H,20,21). The molecule has 3 atom stereocenters. The molecule has 4 heteroatoms. The molecular weight excluding hydrogens is 266 g/mol. The van der Waals surface area contributed by atoms with E-state index >= 15 is 0 Å². The Balaban J connectivity index is 1.89. The summed E-state index contributed by atoms with van der Waals surface area (Å²) in [5, 5.41) is 9.17. The third kappa shape index (κ3) is 2.43. The largest absolute Gasteiger partial charge is 0.481 e. The van der Waals surface area contributed by atoms with Gasteiger partial charge in [0.15, 0.2) is 0 Å². The minimum Gasteiger partial charge on any atom is -0.481 e. The van der Waals surface area contributed by atoms with Crippen molar-refractivity contribution in [2.24, 2.45) is 11.8 Å². The van der Waals surface area contributed by atoms with E-state index in [0.29, 0.717) is 25.3 Å². The zero-order valence-corrected chi connectivity index (χ0v) is 12.3. The number of benzene rings is 1. The summed E-state index contributed by atoms with van der Waals surface area (Å²) in [5.74, 6) is -1.24. The summed E-state index contributed by atoms with van der Waals surface area (Å²) in [7, 11) is 0. The fourth-order valence-corrected chi connectivity index (χ4v) is 3.50. The molecule has 4 nitrogen and oxygen atoms in total. The molecule has 1 N–H and O–H groups in total. The normalized spacial score (nSPS) is 28.2. The van der Waals surface area contributed by atoms with Crippen LogP contribution in [0.4, 0.5) is 5.69 Å². The number of nitrogens with zero attached hydrogens (tertiary/aromatic N) is 1. The van der Waals surface area contributed by atoms with Crippen LogP contribution in [-0.2, 0) is 9.59 Å². The smallest absolute Gasteiger partial charge is 0.307 e. The Bertz CT molecular complexity index is 569. The summed E-state index contributed by atoms with van der Waals surface area (Å²) >= 11 is 0. The summed E-state index contributed by atoms with van der Waals surface area (Å²) in [5.41, 5.74) is 2.18. The van der Waals surface area contributed by atoms with Crippen LogP contribution in [0.5, 0.6) is 0 Å². The van der Waals surface area contributed by atoms with Gasteiger partial charge < -0.3 is 10.0 Å². The van der Waals surface area contributed by atoms with Gasteiger partial charge in [-0.05, 0) is 43.2 Å². The topological polar surface area (TPSA) is 57.6 Å². The minimum atomic E-state index is -0.837. The highest BCUT2D eigenvalue weighted by Gasteiger charge is 2.43. The molecule has 21 heavy (non-hydrogen) atoms. The number of carboxylic acids is 1. The van der Waals surface area contributed by atoms with Crippen molar-refractivity contribution in [3.8, 4) is 0 Å². The Morgan fingerprint density at radius 2 is 1.86 bits per heavy atom. The van der Waals surface area contributed by atoms with Crippen molar-refractivity contribution < 1.29 is 14.7 Å². The third-order valence-corrected chi connectivity index (χ3v) is 4.95. The molecule has 1 fully saturated rings. The number of para-hydroxylation sites is 1. The number of amides is 1. The lowest BCUT2D eigenvalue weighted by molar-refractivity contribution is -0.152. The third-order valence-electron chi connectivity index (χ3n) is 4.95. The van der Waals surface area contributed by atoms with Crippen LogP contribution in [0.15, 0.2) is 24.3 Å². The Labute approximate surface area is 124 Å². The maximum Gasteiger partial charge on any atom is 0.307 e. The first-order chi connectivity index (χ1) is 10.1. The number of aliphatic carboxylic acids is 1. The summed E-state index contributed by atoms with van der Waals surface area (Å²) in [6, 6.07) is 8.03. The van der Waals surface area contributed by atoms with Crippen LogP contribution in [0, 0.1) is 11.8 Å². The molecule has 1 saturated carbocycles. The molecule has 0 aromatic heterocycles. The van der Waals surface area contributed by atoms with Gasteiger partial charge in [-0.15, -0.1) is 0 Å². The zero-order chi connectivity index (χ0) is 15.0. The summed E-state index contributed by atoms with van der Waals surface area (Å²) < 4.78 is 0. The van der Waals surface area contributed by atoms with Crippen LogP contribution < -0.4 is 4.90 Å². The van der Waals surface area contributed by atoms with Gasteiger partial charge >= 0.3 is 5.97 Å². The van der Waals surface area contributed by atoms with E-state index in [4.69, 9.17) is 0 Å². The molecule has 1 aliphatic heterocycles. The maximum absolute atomic E-state index is 12.8. The van der Waals surface area contributed by atoms with E-state index < -0.39 is 11.9 Å². The molecule has 1 aliphatic carbocycles. The van der Waals surface area contributed by atoms with Gasteiger partial charge in [0.1, 0.15) is 0 Å². The Morgan fingerprint density at radius 1 is 1.14 bits per heavy atom. The van der Waals surface area contributed by atoms with Crippen LogP contribution in [0.1, 0.15) is 44.1 Å². The van der Waals surface area contributed by atoms with Crippen molar-refractivity contribution in [1.29, 1.82) is 0 Å². The van der Waals surface area contributed by atoms with Crippen molar-refractivity contribution in [2.45, 2.75) is 38.5 Å². The number of hydrogen-bond donors (Lipinski definition) is 1. The molecule has 3 rings (SSSR count). The predicted octanol–water partition coefficient (Wildman–Crippen LogP) is 3.03. The van der Waals surface area contributed by atoms with Crippen LogP contribution in [0.3, 0.4) is 0 Å². The quantitative estimate of drug-likeness (QED) is 0.909. The van der Waals surface area contributed by atoms with Crippen molar-refractivity contribution in [3.05, 3.63) is 29.8 Å². The van der Waals surface area contributed by atoms with E-state index in [-0.39, 0.29) is 11.8 Å². The van der Waals surface area contributed by atoms with Gasteiger partial charge in [-0.2, -0.15) is 0 Å². The molecule has 1 aromatic rings. The fraction of sp³-hybridized carbons (Fsp3) is 0.529. The van der Waals surface area contributed by atoms with Crippen LogP contribution >= 0.6 is 0 Å². The molecule has 112 valence electrons. The van der Waals surface area contributed by atoms with E-state index in [0.717, 1.165) is 18.5 Å². The lowest BCUT2D eigenvalue weighted by Gasteiger charge is -2.36. The van der Waals surface area contributed by atoms with E-state index in [1.165, 1.54) is 5.56 Å². The van der Waals surface area contributed by atoms with Crippen LogP contribution in [0.2, 0.25) is 0 Å². The van der Waals surface area contributed by atoms with Gasteiger partial charge in [0.05, 0.1) is 11.8 Å². The van der Waals surface area contributed by atoms with Gasteiger partial charge in [-0.3, -0.25) is 9.59 Å². The molecule has 0 bridgehead atoms. The van der Waals surface area contributed by atoms with E-state index in [2.05, 4.69) is 13.0 Å². The van der Waals surface area contributed by atoms with E-state index in [9.17, 15) is 14.7 Å². The molecule has 3 unspecified atom stereocenters. The number of carbonyl (C=O) groups excluding carboxylic acids is 1. The lowest BCUT2D eigenvalue weighted by atomic mass is 9.73. The van der Waals surface area contributed by atoms with Gasteiger partial charge in [-0.1, -0.05) is 25.1 Å². The van der Waals surface area contributed by atoms with Gasteiger partial charge in [0.2, 0.25) is 5.91 Å². The maximum atomic E-state index is 12.8. The second-order valence-electron chi connectivity index (χ2n) is 6.22. The average molecular weight is 287 g/mol. The monoisotopic (exact) mass is 287 g/mol. The van der Waals surface area contributed by atoms with Crippen molar-refractivity contribution >= 4 is 17.6 Å². The minimum absolute atomic E-state index is 0.00444. The number of carboxylic acid groups (broad SMARTS) is 1. The first-order valence-corrected chi connectivity index (χ1v) is 7.72. The predicted molar refractivity (Wildman–Crippen MR) is 80.3 cm³/mol. The number of hydrogen-bond acceptors (Lipinski definition) is 2. The number of carbonyl (C=O) groups is 2. The summed E-state index contributed by atoms with van der Waals surface area (Å²) in [6.45, 7) is 2.89. The lowest BCUT2D eigenvalue weighted by Crippen LogP contribution is -2.46. The van der Waals surface area contributed by atoms with Crippen molar-refractivity contribution in [2.75, 3.05) is 11.4 Å². The number of anilines is 1. The summed E-state index contributed by atoms with van der Waals surface area (Å²) in [6.07, 6.45) is 3.35. The Hall–Kier alpha value is -1.84. The second kappa shape index (κ2) is 5.51. The zero-order valence-electron chi connectivity index (χ0n) is 12.3. The molecule has 1 aromatic carbocycles. The molecule has 0 spiro atoms. The Kier molecular flexibility index (Phi) is 3.70. The fourth-order valence-electron chi connectivity index (χ4n) is 3.50.